The van der Waals surface area contributed by atoms with Crippen molar-refractivity contribution in [1.29, 1.82) is 0 Å². The number of carbonyl (C=O) groups excluding carboxylic acids is 3. The van der Waals surface area contributed by atoms with Crippen LogP contribution in [0.25, 0.3) is 11.1 Å². The van der Waals surface area contributed by atoms with Gasteiger partial charge in [0.1, 0.15) is 5.00 Å². The zero-order valence-electron chi connectivity index (χ0n) is 21.6. The number of benzene rings is 1. The average Bonchev–Trinajstić information content (AvgIpc) is 3.49. The van der Waals surface area contributed by atoms with Crippen molar-refractivity contribution in [3.8, 4) is 5.00 Å². The Bertz CT molecular complexity index is 1420. The molecule has 192 valence electrons. The number of fused-ring (bicyclic) bond motifs is 1. The number of thiophene rings is 1. The molecular formula is C29H31N3O3S2. The van der Waals surface area contributed by atoms with Gasteiger partial charge < -0.3 is 9.88 Å². The van der Waals surface area contributed by atoms with Gasteiger partial charge in [-0.1, -0.05) is 25.1 Å². The number of hydrogen-bond donors (Lipinski definition) is 1. The Labute approximate surface area is 225 Å². The summed E-state index contributed by atoms with van der Waals surface area (Å²) in [4.78, 5) is 42.2. The van der Waals surface area contributed by atoms with E-state index in [1.807, 2.05) is 70.2 Å². The van der Waals surface area contributed by atoms with E-state index in [1.165, 1.54) is 9.78 Å². The van der Waals surface area contributed by atoms with Crippen molar-refractivity contribution in [3.05, 3.63) is 74.3 Å². The van der Waals surface area contributed by atoms with Crippen LogP contribution >= 0.6 is 23.1 Å². The molecule has 1 atom stereocenters. The lowest BCUT2D eigenvalue weighted by Crippen LogP contribution is -2.36. The van der Waals surface area contributed by atoms with Crippen LogP contribution in [-0.4, -0.2) is 32.6 Å². The summed E-state index contributed by atoms with van der Waals surface area (Å²) >= 11 is 2.69. The predicted molar refractivity (Wildman–Crippen MR) is 152 cm³/mol. The van der Waals surface area contributed by atoms with Crippen molar-refractivity contribution in [2.75, 3.05) is 5.32 Å². The molecule has 5 rings (SSSR count). The minimum absolute atomic E-state index is 0.0932. The summed E-state index contributed by atoms with van der Waals surface area (Å²) in [6.07, 6.45) is 6.64. The predicted octanol–water partition coefficient (Wildman–Crippen LogP) is 7.12. The Kier molecular flexibility index (Phi) is 7.14. The van der Waals surface area contributed by atoms with Gasteiger partial charge in [-0.3, -0.25) is 19.3 Å². The highest BCUT2D eigenvalue weighted by Crippen LogP contribution is 2.40. The quantitative estimate of drug-likeness (QED) is 0.343. The van der Waals surface area contributed by atoms with E-state index in [2.05, 4.69) is 9.88 Å². The fourth-order valence-electron chi connectivity index (χ4n) is 5.09. The van der Waals surface area contributed by atoms with E-state index in [4.69, 9.17) is 0 Å². The molecule has 0 unspecified atom stereocenters. The van der Waals surface area contributed by atoms with Crippen LogP contribution in [0.15, 0.2) is 41.3 Å². The van der Waals surface area contributed by atoms with Crippen molar-refractivity contribution in [2.45, 2.75) is 65.8 Å². The minimum atomic E-state index is -0.233. The molecule has 3 aromatic rings. The maximum Gasteiger partial charge on any atom is 0.293 e. The number of para-hydroxylation sites is 1. The maximum atomic E-state index is 13.6. The minimum Gasteiger partial charge on any atom is -0.322 e. The number of aromatic nitrogens is 1. The molecule has 0 radical (unpaired) electrons. The van der Waals surface area contributed by atoms with E-state index in [0.29, 0.717) is 4.91 Å². The highest BCUT2D eigenvalue weighted by Gasteiger charge is 2.38. The van der Waals surface area contributed by atoms with Gasteiger partial charge in [0.25, 0.3) is 17.1 Å². The number of thioether (sulfide) groups is 1. The van der Waals surface area contributed by atoms with Gasteiger partial charge in [-0.2, -0.15) is 0 Å². The standard InChI is InChI=1S/C29H31N3O3S2/c1-5-17(2)32-27(34)24(37-29(32)35)16-20-15-18(3)31(19(20)4)28-25(22-13-9-10-14-23(22)36-28)26(33)30-21-11-7-6-8-12-21/h6-8,11-12,15-17H,5,9-10,13-14H2,1-4H3,(H,30,33)/b24-16-/t17-/m0/s1. The molecule has 8 heteroatoms. The lowest BCUT2D eigenvalue weighted by Gasteiger charge is -2.19. The van der Waals surface area contributed by atoms with Crippen molar-refractivity contribution < 1.29 is 14.4 Å². The topological polar surface area (TPSA) is 71.4 Å². The second-order valence-corrected chi connectivity index (χ2v) is 11.8. The number of rotatable bonds is 6. The summed E-state index contributed by atoms with van der Waals surface area (Å²) in [5.41, 5.74) is 5.48. The Hall–Kier alpha value is -3.10. The molecule has 1 fully saturated rings. The summed E-state index contributed by atoms with van der Waals surface area (Å²) in [5.74, 6) is -0.326. The number of aryl methyl sites for hydroxylation is 2. The van der Waals surface area contributed by atoms with Gasteiger partial charge in [-0.15, -0.1) is 11.3 Å². The van der Waals surface area contributed by atoms with Gasteiger partial charge in [-0.05, 0) is 100 Å². The van der Waals surface area contributed by atoms with Gasteiger partial charge in [0.05, 0.1) is 10.5 Å². The highest BCUT2D eigenvalue weighted by molar-refractivity contribution is 8.18. The van der Waals surface area contributed by atoms with E-state index in [9.17, 15) is 14.4 Å². The monoisotopic (exact) mass is 533 g/mol. The van der Waals surface area contributed by atoms with Crippen LogP contribution in [-0.2, 0) is 17.6 Å². The van der Waals surface area contributed by atoms with Crippen LogP contribution in [0, 0.1) is 13.8 Å². The van der Waals surface area contributed by atoms with E-state index in [1.54, 1.807) is 11.3 Å². The summed E-state index contributed by atoms with van der Waals surface area (Å²) in [7, 11) is 0. The highest BCUT2D eigenvalue weighted by atomic mass is 32.2. The summed E-state index contributed by atoms with van der Waals surface area (Å²) in [6, 6.07) is 11.4. The summed E-state index contributed by atoms with van der Waals surface area (Å²) in [6.45, 7) is 7.89. The SMILES string of the molecule is CC[C@H](C)N1C(=O)S/C(=C\c2cc(C)n(-c3sc4c(c3C(=O)Nc3ccccc3)CCCC4)c2C)C1=O. The zero-order chi connectivity index (χ0) is 26.3. The fourth-order valence-corrected chi connectivity index (χ4v) is 7.51. The second-order valence-electron chi connectivity index (χ2n) is 9.68. The number of imide groups is 1. The van der Waals surface area contributed by atoms with E-state index >= 15 is 0 Å². The molecular weight excluding hydrogens is 502 g/mol. The second kappa shape index (κ2) is 10.3. The molecule has 0 bridgehead atoms. The van der Waals surface area contributed by atoms with Gasteiger partial charge in [0.2, 0.25) is 0 Å². The molecule has 1 aromatic carbocycles. The summed E-state index contributed by atoms with van der Waals surface area (Å²) in [5, 5.41) is 3.79. The summed E-state index contributed by atoms with van der Waals surface area (Å²) < 4.78 is 2.13. The molecule has 0 saturated carbocycles. The molecule has 3 heterocycles. The maximum absolute atomic E-state index is 13.6. The number of hydrogen-bond acceptors (Lipinski definition) is 5. The number of nitrogens with zero attached hydrogens (tertiary/aromatic N) is 2. The zero-order valence-corrected chi connectivity index (χ0v) is 23.2. The Morgan fingerprint density at radius 3 is 2.59 bits per heavy atom. The first-order valence-corrected chi connectivity index (χ1v) is 14.4. The largest absolute Gasteiger partial charge is 0.322 e. The first-order valence-electron chi connectivity index (χ1n) is 12.8. The number of carbonyl (C=O) groups is 3. The van der Waals surface area contributed by atoms with Crippen molar-refractivity contribution in [2.24, 2.45) is 0 Å². The molecule has 1 aliphatic carbocycles. The van der Waals surface area contributed by atoms with Crippen LogP contribution in [0.5, 0.6) is 0 Å². The third-order valence-electron chi connectivity index (χ3n) is 7.23. The third kappa shape index (κ3) is 4.68. The van der Waals surface area contributed by atoms with Crippen molar-refractivity contribution >= 4 is 51.9 Å². The molecule has 0 spiro atoms. The Morgan fingerprint density at radius 2 is 1.86 bits per heavy atom. The first-order chi connectivity index (χ1) is 17.8. The van der Waals surface area contributed by atoms with Crippen LogP contribution in [0.4, 0.5) is 10.5 Å². The number of anilines is 1. The molecule has 2 aliphatic rings. The first kappa shape index (κ1) is 25.5. The molecule has 1 saturated heterocycles. The molecule has 2 aromatic heterocycles. The Morgan fingerprint density at radius 1 is 1.14 bits per heavy atom. The third-order valence-corrected chi connectivity index (χ3v) is 9.39. The van der Waals surface area contributed by atoms with Crippen molar-refractivity contribution in [1.82, 2.24) is 9.47 Å². The van der Waals surface area contributed by atoms with Gasteiger partial charge in [0.15, 0.2) is 0 Å². The number of amides is 3. The van der Waals surface area contributed by atoms with Gasteiger partial charge in [0, 0.05) is 28.0 Å². The van der Waals surface area contributed by atoms with Crippen LogP contribution in [0.2, 0.25) is 0 Å². The molecule has 1 N–H and O–H groups in total. The van der Waals surface area contributed by atoms with E-state index in [-0.39, 0.29) is 23.1 Å². The lowest BCUT2D eigenvalue weighted by molar-refractivity contribution is -0.124. The van der Waals surface area contributed by atoms with Crippen LogP contribution in [0.1, 0.15) is 70.9 Å². The average molecular weight is 534 g/mol. The number of nitrogens with one attached hydrogen (secondary N) is 1. The van der Waals surface area contributed by atoms with E-state index < -0.39 is 0 Å². The Balaban J connectivity index is 1.56. The smallest absolute Gasteiger partial charge is 0.293 e. The normalized spacial score (nSPS) is 17.4. The lowest BCUT2D eigenvalue weighted by atomic mass is 9.95. The van der Waals surface area contributed by atoms with Crippen molar-refractivity contribution in [3.63, 3.8) is 0 Å². The van der Waals surface area contributed by atoms with Crippen LogP contribution < -0.4 is 5.32 Å². The van der Waals surface area contributed by atoms with Crippen LogP contribution in [0.3, 0.4) is 0 Å². The molecule has 37 heavy (non-hydrogen) atoms. The fraction of sp³-hybridized carbons (Fsp3) is 0.345. The van der Waals surface area contributed by atoms with Gasteiger partial charge in [-0.25, -0.2) is 0 Å². The van der Waals surface area contributed by atoms with E-state index in [0.717, 1.165) is 82.6 Å². The molecule has 1 aliphatic heterocycles. The van der Waals surface area contributed by atoms with Gasteiger partial charge >= 0.3 is 0 Å². The molecule has 6 nitrogen and oxygen atoms in total. The molecule has 3 amide bonds.